The van der Waals surface area contributed by atoms with Crippen LogP contribution in [-0.2, 0) is 4.79 Å². The van der Waals surface area contributed by atoms with Crippen LogP contribution in [0.2, 0.25) is 0 Å². The minimum atomic E-state index is -0.162. The van der Waals surface area contributed by atoms with Gasteiger partial charge in [-0.15, -0.1) is 0 Å². The predicted octanol–water partition coefficient (Wildman–Crippen LogP) is 1.88. The standard InChI is InChI=1S/C18H21N3O4S/c22-16(1-6-19-17(23)14-5-10-26-12-14)20-15-2-7-21(8-3-15)18(24)13-4-9-25-11-13/h4-5,9-12,15H,1-3,6-8H2,(H,19,23)(H,20,22). The first kappa shape index (κ1) is 18.2. The van der Waals surface area contributed by atoms with Crippen LogP contribution in [-0.4, -0.2) is 48.3 Å². The van der Waals surface area contributed by atoms with Gasteiger partial charge in [0.15, 0.2) is 0 Å². The zero-order chi connectivity index (χ0) is 18.4. The number of nitrogens with zero attached hydrogens (tertiary/aromatic N) is 1. The third kappa shape index (κ3) is 4.72. The summed E-state index contributed by atoms with van der Waals surface area (Å²) in [4.78, 5) is 37.8. The summed E-state index contributed by atoms with van der Waals surface area (Å²) in [6, 6.07) is 3.46. The maximum Gasteiger partial charge on any atom is 0.257 e. The molecule has 1 fully saturated rings. The summed E-state index contributed by atoms with van der Waals surface area (Å²) in [6.07, 6.45) is 4.61. The second-order valence-electron chi connectivity index (χ2n) is 6.16. The number of nitrogens with one attached hydrogen (secondary N) is 2. The van der Waals surface area contributed by atoms with Gasteiger partial charge in [-0.05, 0) is 30.4 Å². The van der Waals surface area contributed by atoms with Gasteiger partial charge in [0.1, 0.15) is 6.26 Å². The summed E-state index contributed by atoms with van der Waals surface area (Å²) >= 11 is 1.46. The van der Waals surface area contributed by atoms with E-state index >= 15 is 0 Å². The fourth-order valence-corrected chi connectivity index (χ4v) is 3.52. The Hall–Kier alpha value is -2.61. The van der Waals surface area contributed by atoms with Crippen molar-refractivity contribution in [3.8, 4) is 0 Å². The highest BCUT2D eigenvalue weighted by atomic mass is 32.1. The Morgan fingerprint density at radius 1 is 1.19 bits per heavy atom. The Balaban J connectivity index is 1.34. The Bertz CT molecular complexity index is 735. The van der Waals surface area contributed by atoms with Crippen molar-refractivity contribution in [3.05, 3.63) is 46.5 Å². The van der Waals surface area contributed by atoms with Crippen molar-refractivity contribution in [2.24, 2.45) is 0 Å². The normalized spacial score (nSPS) is 14.8. The van der Waals surface area contributed by atoms with Gasteiger partial charge in [-0.1, -0.05) is 0 Å². The lowest BCUT2D eigenvalue weighted by Crippen LogP contribution is -2.46. The summed E-state index contributed by atoms with van der Waals surface area (Å²) in [6.45, 7) is 1.51. The highest BCUT2D eigenvalue weighted by Gasteiger charge is 2.25. The van der Waals surface area contributed by atoms with E-state index in [1.165, 1.54) is 23.9 Å². The summed E-state index contributed by atoms with van der Waals surface area (Å²) in [5.41, 5.74) is 1.17. The van der Waals surface area contributed by atoms with Crippen LogP contribution in [0.4, 0.5) is 0 Å². The van der Waals surface area contributed by atoms with Gasteiger partial charge in [-0.3, -0.25) is 14.4 Å². The Kier molecular flexibility index (Phi) is 6.06. The fourth-order valence-electron chi connectivity index (χ4n) is 2.88. The first-order valence-corrected chi connectivity index (χ1v) is 9.49. The molecule has 3 rings (SSSR count). The van der Waals surface area contributed by atoms with E-state index in [1.54, 1.807) is 22.4 Å². The number of rotatable bonds is 6. The average Bonchev–Trinajstić information content (AvgIpc) is 3.35. The molecule has 0 saturated carbocycles. The molecule has 0 spiro atoms. The SMILES string of the molecule is O=C(CCNC(=O)c1ccsc1)NC1CCN(C(=O)c2ccoc2)CC1. The number of carbonyl (C=O) groups is 3. The number of piperidine rings is 1. The summed E-state index contributed by atoms with van der Waals surface area (Å²) < 4.78 is 4.94. The van der Waals surface area contributed by atoms with Crippen molar-refractivity contribution in [3.63, 3.8) is 0 Å². The van der Waals surface area contributed by atoms with Crippen LogP contribution in [0.5, 0.6) is 0 Å². The minimum Gasteiger partial charge on any atom is -0.472 e. The van der Waals surface area contributed by atoms with Crippen molar-refractivity contribution in [1.82, 2.24) is 15.5 Å². The van der Waals surface area contributed by atoms with Gasteiger partial charge in [-0.25, -0.2) is 0 Å². The third-order valence-corrected chi connectivity index (χ3v) is 5.02. The van der Waals surface area contributed by atoms with Crippen LogP contribution in [0.1, 0.15) is 40.0 Å². The van der Waals surface area contributed by atoms with Crippen molar-refractivity contribution < 1.29 is 18.8 Å². The van der Waals surface area contributed by atoms with Gasteiger partial charge in [0.05, 0.1) is 11.8 Å². The van der Waals surface area contributed by atoms with Crippen LogP contribution in [0.3, 0.4) is 0 Å². The first-order chi connectivity index (χ1) is 12.6. The molecular formula is C18H21N3O4S. The van der Waals surface area contributed by atoms with Crippen LogP contribution >= 0.6 is 11.3 Å². The molecule has 0 atom stereocenters. The monoisotopic (exact) mass is 375 g/mol. The lowest BCUT2D eigenvalue weighted by atomic mass is 10.0. The zero-order valence-electron chi connectivity index (χ0n) is 14.3. The van der Waals surface area contributed by atoms with Gasteiger partial charge in [-0.2, -0.15) is 11.3 Å². The Labute approximate surface area is 155 Å². The van der Waals surface area contributed by atoms with Crippen molar-refractivity contribution in [1.29, 1.82) is 0 Å². The number of likely N-dealkylation sites (tertiary alicyclic amines) is 1. The van der Waals surface area contributed by atoms with E-state index in [-0.39, 0.29) is 30.2 Å². The van der Waals surface area contributed by atoms with E-state index in [0.29, 0.717) is 30.8 Å². The lowest BCUT2D eigenvalue weighted by molar-refractivity contribution is -0.121. The highest BCUT2D eigenvalue weighted by Crippen LogP contribution is 2.14. The molecule has 0 aromatic carbocycles. The summed E-state index contributed by atoms with van der Waals surface area (Å²) in [5, 5.41) is 9.32. The van der Waals surface area contributed by atoms with Crippen molar-refractivity contribution >= 4 is 29.1 Å². The molecule has 2 aromatic heterocycles. The molecule has 1 aliphatic heterocycles. The van der Waals surface area contributed by atoms with Gasteiger partial charge in [0.25, 0.3) is 11.8 Å². The first-order valence-electron chi connectivity index (χ1n) is 8.54. The van der Waals surface area contributed by atoms with Crippen molar-refractivity contribution in [2.75, 3.05) is 19.6 Å². The molecular weight excluding hydrogens is 354 g/mol. The number of thiophene rings is 1. The lowest BCUT2D eigenvalue weighted by Gasteiger charge is -2.32. The van der Waals surface area contributed by atoms with Crippen molar-refractivity contribution in [2.45, 2.75) is 25.3 Å². The third-order valence-electron chi connectivity index (χ3n) is 4.34. The van der Waals surface area contributed by atoms with E-state index in [4.69, 9.17) is 4.42 Å². The molecule has 0 bridgehead atoms. The summed E-state index contributed by atoms with van der Waals surface area (Å²) in [5.74, 6) is -0.292. The number of furan rings is 1. The molecule has 0 unspecified atom stereocenters. The van der Waals surface area contributed by atoms with Crippen LogP contribution in [0, 0.1) is 0 Å². The number of amides is 3. The molecule has 2 aromatic rings. The van der Waals surface area contributed by atoms with E-state index in [9.17, 15) is 14.4 Å². The molecule has 0 aliphatic carbocycles. The Morgan fingerprint density at radius 2 is 2.00 bits per heavy atom. The largest absolute Gasteiger partial charge is 0.472 e. The van der Waals surface area contributed by atoms with E-state index in [0.717, 1.165) is 12.8 Å². The maximum absolute atomic E-state index is 12.2. The van der Waals surface area contributed by atoms with Crippen LogP contribution in [0.15, 0.2) is 39.8 Å². The second-order valence-corrected chi connectivity index (χ2v) is 6.94. The van der Waals surface area contributed by atoms with E-state index < -0.39 is 0 Å². The number of carbonyl (C=O) groups excluding carboxylic acids is 3. The average molecular weight is 375 g/mol. The molecule has 3 heterocycles. The van der Waals surface area contributed by atoms with Gasteiger partial charge in [0.2, 0.25) is 5.91 Å². The van der Waals surface area contributed by atoms with E-state index in [1.807, 2.05) is 5.38 Å². The van der Waals surface area contributed by atoms with Gasteiger partial charge >= 0.3 is 0 Å². The van der Waals surface area contributed by atoms with Gasteiger partial charge < -0.3 is 20.0 Å². The molecule has 26 heavy (non-hydrogen) atoms. The van der Waals surface area contributed by atoms with E-state index in [2.05, 4.69) is 10.6 Å². The van der Waals surface area contributed by atoms with Crippen LogP contribution < -0.4 is 10.6 Å². The van der Waals surface area contributed by atoms with Gasteiger partial charge in [0, 0.05) is 43.0 Å². The predicted molar refractivity (Wildman–Crippen MR) is 97.0 cm³/mol. The van der Waals surface area contributed by atoms with Crippen LogP contribution in [0.25, 0.3) is 0 Å². The smallest absolute Gasteiger partial charge is 0.257 e. The molecule has 7 nitrogen and oxygen atoms in total. The summed E-state index contributed by atoms with van der Waals surface area (Å²) in [7, 11) is 0. The number of hydrogen-bond acceptors (Lipinski definition) is 5. The topological polar surface area (TPSA) is 91.7 Å². The molecule has 1 saturated heterocycles. The fraction of sp³-hybridized carbons (Fsp3) is 0.389. The molecule has 8 heteroatoms. The molecule has 138 valence electrons. The Morgan fingerprint density at radius 3 is 2.65 bits per heavy atom. The number of hydrogen-bond donors (Lipinski definition) is 2. The molecule has 1 aliphatic rings. The second kappa shape index (κ2) is 8.66. The zero-order valence-corrected chi connectivity index (χ0v) is 15.1. The maximum atomic E-state index is 12.2. The quantitative estimate of drug-likeness (QED) is 0.806. The highest BCUT2D eigenvalue weighted by molar-refractivity contribution is 7.08. The molecule has 2 N–H and O–H groups in total. The molecule has 0 radical (unpaired) electrons. The molecule has 3 amide bonds. The minimum absolute atomic E-state index is 0.0420.